The Balaban J connectivity index is 3.03. The summed E-state index contributed by atoms with van der Waals surface area (Å²) in [4.78, 5) is 21.4. The summed E-state index contributed by atoms with van der Waals surface area (Å²) in [5.74, 6) is -2.35. The third-order valence-corrected chi connectivity index (χ3v) is 3.61. The molecule has 110 valence electrons. The Labute approximate surface area is 115 Å². The predicted octanol–water partition coefficient (Wildman–Crippen LogP) is 0.0105. The Bertz CT molecular complexity index is 626. The van der Waals surface area contributed by atoms with E-state index in [-0.39, 0.29) is 17.0 Å². The SMILES string of the molecule is COc1ccc(C(N)=O)cc1NS(=O)(=O)CCC(=O)O. The first-order chi connectivity index (χ1) is 9.25. The number of primary amides is 1. The maximum atomic E-state index is 11.7. The van der Waals surface area contributed by atoms with E-state index < -0.39 is 34.1 Å². The number of methoxy groups -OCH3 is 1. The van der Waals surface area contributed by atoms with Crippen molar-refractivity contribution in [1.82, 2.24) is 0 Å². The highest BCUT2D eigenvalue weighted by Crippen LogP contribution is 2.26. The summed E-state index contributed by atoms with van der Waals surface area (Å²) in [6.07, 6.45) is -0.535. The second-order valence-electron chi connectivity index (χ2n) is 3.84. The van der Waals surface area contributed by atoms with Crippen LogP contribution in [0.4, 0.5) is 5.69 Å². The van der Waals surface area contributed by atoms with Crippen LogP contribution in [-0.4, -0.2) is 38.3 Å². The molecule has 0 spiro atoms. The van der Waals surface area contributed by atoms with Crippen molar-refractivity contribution >= 4 is 27.6 Å². The molecule has 0 atom stereocenters. The van der Waals surface area contributed by atoms with Crippen molar-refractivity contribution in [3.05, 3.63) is 23.8 Å². The minimum absolute atomic E-state index is 0.0224. The third-order valence-electron chi connectivity index (χ3n) is 2.33. The molecule has 0 heterocycles. The highest BCUT2D eigenvalue weighted by Gasteiger charge is 2.16. The zero-order chi connectivity index (χ0) is 15.3. The monoisotopic (exact) mass is 302 g/mol. The zero-order valence-electron chi connectivity index (χ0n) is 10.6. The fraction of sp³-hybridized carbons (Fsp3) is 0.273. The normalized spacial score (nSPS) is 10.8. The van der Waals surface area contributed by atoms with Crippen molar-refractivity contribution in [1.29, 1.82) is 0 Å². The van der Waals surface area contributed by atoms with Gasteiger partial charge >= 0.3 is 5.97 Å². The van der Waals surface area contributed by atoms with Gasteiger partial charge in [0, 0.05) is 5.56 Å². The molecule has 1 rings (SSSR count). The average Bonchev–Trinajstić information content (AvgIpc) is 2.36. The second-order valence-corrected chi connectivity index (χ2v) is 5.69. The summed E-state index contributed by atoms with van der Waals surface area (Å²) in [5, 5.41) is 8.48. The zero-order valence-corrected chi connectivity index (χ0v) is 11.4. The van der Waals surface area contributed by atoms with Gasteiger partial charge in [0.2, 0.25) is 15.9 Å². The van der Waals surface area contributed by atoms with Crippen molar-refractivity contribution in [2.75, 3.05) is 17.6 Å². The van der Waals surface area contributed by atoms with Crippen LogP contribution in [0.3, 0.4) is 0 Å². The van der Waals surface area contributed by atoms with E-state index in [4.69, 9.17) is 15.6 Å². The Morgan fingerprint density at radius 1 is 1.40 bits per heavy atom. The van der Waals surface area contributed by atoms with Gasteiger partial charge in [-0.1, -0.05) is 0 Å². The highest BCUT2D eigenvalue weighted by atomic mass is 32.2. The molecule has 4 N–H and O–H groups in total. The molecule has 8 nitrogen and oxygen atoms in total. The van der Waals surface area contributed by atoms with E-state index in [1.165, 1.54) is 25.3 Å². The largest absolute Gasteiger partial charge is 0.495 e. The fourth-order valence-electron chi connectivity index (χ4n) is 1.38. The van der Waals surface area contributed by atoms with Crippen LogP contribution < -0.4 is 15.2 Å². The van der Waals surface area contributed by atoms with Gasteiger partial charge in [0.25, 0.3) is 0 Å². The van der Waals surface area contributed by atoms with Gasteiger partial charge in [0.15, 0.2) is 0 Å². The van der Waals surface area contributed by atoms with E-state index in [9.17, 15) is 18.0 Å². The molecule has 0 fully saturated rings. The number of aliphatic carboxylic acids is 1. The molecule has 0 bridgehead atoms. The summed E-state index contributed by atoms with van der Waals surface area (Å²) in [6, 6.07) is 3.99. The average molecular weight is 302 g/mol. The number of ether oxygens (including phenoxy) is 1. The first-order valence-corrected chi connectivity index (χ1v) is 7.10. The number of amides is 1. The summed E-state index contributed by atoms with van der Waals surface area (Å²) in [7, 11) is -2.54. The number of benzene rings is 1. The number of hydrogen-bond acceptors (Lipinski definition) is 5. The molecule has 0 saturated heterocycles. The number of carbonyl (C=O) groups excluding carboxylic acids is 1. The molecule has 0 aliphatic carbocycles. The molecule has 9 heteroatoms. The van der Waals surface area contributed by atoms with Gasteiger partial charge in [-0.25, -0.2) is 8.42 Å². The molecule has 0 radical (unpaired) electrons. The van der Waals surface area contributed by atoms with Crippen molar-refractivity contribution < 1.29 is 27.9 Å². The molecule has 1 aromatic rings. The summed E-state index contributed by atoms with van der Waals surface area (Å²) >= 11 is 0. The molecule has 0 aromatic heterocycles. The number of anilines is 1. The minimum Gasteiger partial charge on any atom is -0.495 e. The highest BCUT2D eigenvalue weighted by molar-refractivity contribution is 7.92. The minimum atomic E-state index is -3.87. The van der Waals surface area contributed by atoms with E-state index >= 15 is 0 Å². The fourth-order valence-corrected chi connectivity index (χ4v) is 2.42. The number of carboxylic acid groups (broad SMARTS) is 1. The van der Waals surface area contributed by atoms with Gasteiger partial charge in [0.05, 0.1) is 25.0 Å². The number of carbonyl (C=O) groups is 2. The molecule has 0 aliphatic heterocycles. The molecular weight excluding hydrogens is 288 g/mol. The Morgan fingerprint density at radius 3 is 2.55 bits per heavy atom. The maximum Gasteiger partial charge on any atom is 0.304 e. The van der Waals surface area contributed by atoms with Crippen LogP contribution in [0.1, 0.15) is 16.8 Å². The number of nitrogens with one attached hydrogen (secondary N) is 1. The standard InChI is InChI=1S/C11H14N2O6S/c1-19-9-3-2-7(11(12)16)6-8(9)13-20(17,18)5-4-10(14)15/h2-3,6,13H,4-5H2,1H3,(H2,12,16)(H,14,15). The van der Waals surface area contributed by atoms with Gasteiger partial charge in [-0.15, -0.1) is 0 Å². The lowest BCUT2D eigenvalue weighted by molar-refractivity contribution is -0.136. The van der Waals surface area contributed by atoms with Gasteiger partial charge < -0.3 is 15.6 Å². The topological polar surface area (TPSA) is 136 Å². The van der Waals surface area contributed by atoms with Gasteiger partial charge in [-0.3, -0.25) is 14.3 Å². The van der Waals surface area contributed by atoms with Crippen molar-refractivity contribution in [2.45, 2.75) is 6.42 Å². The molecule has 1 amide bonds. The van der Waals surface area contributed by atoms with Crippen LogP contribution in [0, 0.1) is 0 Å². The first kappa shape index (κ1) is 15.8. The number of carboxylic acids is 1. The smallest absolute Gasteiger partial charge is 0.304 e. The van der Waals surface area contributed by atoms with E-state index in [0.29, 0.717) is 0 Å². The van der Waals surface area contributed by atoms with Crippen molar-refractivity contribution in [3.63, 3.8) is 0 Å². The Hall–Kier alpha value is -2.29. The quantitative estimate of drug-likeness (QED) is 0.649. The lowest BCUT2D eigenvalue weighted by Gasteiger charge is -2.12. The van der Waals surface area contributed by atoms with E-state index in [1.807, 2.05) is 0 Å². The van der Waals surface area contributed by atoms with Crippen molar-refractivity contribution in [2.24, 2.45) is 5.73 Å². The van der Waals surface area contributed by atoms with Crippen LogP contribution >= 0.6 is 0 Å². The van der Waals surface area contributed by atoms with E-state index in [1.54, 1.807) is 0 Å². The summed E-state index contributed by atoms with van der Waals surface area (Å²) in [5.41, 5.74) is 5.22. The van der Waals surface area contributed by atoms with E-state index in [0.717, 1.165) is 0 Å². The van der Waals surface area contributed by atoms with Gasteiger partial charge in [-0.2, -0.15) is 0 Å². The predicted molar refractivity (Wildman–Crippen MR) is 71.2 cm³/mol. The third kappa shape index (κ3) is 4.43. The second kappa shape index (κ2) is 6.24. The molecule has 0 saturated carbocycles. The molecule has 1 aromatic carbocycles. The molecular formula is C11H14N2O6S. The lowest BCUT2D eigenvalue weighted by atomic mass is 10.2. The van der Waals surface area contributed by atoms with E-state index in [2.05, 4.69) is 4.72 Å². The van der Waals surface area contributed by atoms with Crippen LogP contribution in [0.2, 0.25) is 0 Å². The Morgan fingerprint density at radius 2 is 2.05 bits per heavy atom. The summed E-state index contributed by atoms with van der Waals surface area (Å²) < 4.78 is 30.5. The Kier molecular flexibility index (Phi) is 4.92. The molecule has 0 unspecified atom stereocenters. The van der Waals surface area contributed by atoms with Crippen LogP contribution in [0.5, 0.6) is 5.75 Å². The number of rotatable bonds is 7. The van der Waals surface area contributed by atoms with Gasteiger partial charge in [-0.05, 0) is 18.2 Å². The van der Waals surface area contributed by atoms with Crippen LogP contribution in [-0.2, 0) is 14.8 Å². The first-order valence-electron chi connectivity index (χ1n) is 5.45. The lowest BCUT2D eigenvalue weighted by Crippen LogP contribution is -2.20. The molecule has 20 heavy (non-hydrogen) atoms. The maximum absolute atomic E-state index is 11.7. The van der Waals surface area contributed by atoms with Crippen LogP contribution in [0.25, 0.3) is 0 Å². The van der Waals surface area contributed by atoms with Crippen LogP contribution in [0.15, 0.2) is 18.2 Å². The molecule has 0 aliphatic rings. The van der Waals surface area contributed by atoms with Gasteiger partial charge in [0.1, 0.15) is 5.75 Å². The summed E-state index contributed by atoms with van der Waals surface area (Å²) in [6.45, 7) is 0. The number of nitrogens with two attached hydrogens (primary N) is 1. The number of sulfonamides is 1. The number of hydrogen-bond donors (Lipinski definition) is 3. The van der Waals surface area contributed by atoms with Crippen molar-refractivity contribution in [3.8, 4) is 5.75 Å².